The summed E-state index contributed by atoms with van der Waals surface area (Å²) in [7, 11) is -3.33. The second kappa shape index (κ2) is 17.7. The molecule has 11 aromatic carbocycles. The van der Waals surface area contributed by atoms with Gasteiger partial charge in [0.15, 0.2) is 11.2 Å². The predicted molar refractivity (Wildman–Crippen MR) is 322 cm³/mol. The molecular weight excluding hydrogens is 933 g/mol. The molecule has 6 heteroatoms. The van der Waals surface area contributed by atoms with Crippen molar-refractivity contribution in [3.05, 3.63) is 231 Å². The maximum Gasteiger partial charge on any atom is 0.159 e. The van der Waals surface area contributed by atoms with Crippen LogP contribution in [0.1, 0.15) is 0 Å². The van der Waals surface area contributed by atoms with Crippen molar-refractivity contribution in [2.75, 3.05) is 9.80 Å². The van der Waals surface area contributed by atoms with Gasteiger partial charge in [-0.3, -0.25) is 0 Å². The van der Waals surface area contributed by atoms with Gasteiger partial charge in [0.05, 0.1) is 38.9 Å². The first-order valence-electron chi connectivity index (χ1n) is 25.7. The molecule has 0 aliphatic rings. The fourth-order valence-electron chi connectivity index (χ4n) is 11.1. The van der Waals surface area contributed by atoms with E-state index in [1.54, 1.807) is 0 Å². The van der Waals surface area contributed by atoms with E-state index in [4.69, 9.17) is 8.83 Å². The Labute approximate surface area is 434 Å². The van der Waals surface area contributed by atoms with Crippen LogP contribution in [0, 0.1) is 0 Å². The summed E-state index contributed by atoms with van der Waals surface area (Å²) in [6.45, 7) is 14.5. The Hall–Kier alpha value is -8.43. The highest BCUT2D eigenvalue weighted by molar-refractivity contribution is 6.89. The van der Waals surface area contributed by atoms with Gasteiger partial charge in [0, 0.05) is 54.5 Å². The Morgan fingerprint density at radius 2 is 0.649 bits per heavy atom. The second-order valence-electron chi connectivity index (χ2n) is 21.7. The molecule has 0 radical (unpaired) electrons. The smallest absolute Gasteiger partial charge is 0.159 e. The Morgan fingerprint density at radius 3 is 1.04 bits per heavy atom. The normalized spacial score (nSPS) is 12.2. The summed E-state index contributed by atoms with van der Waals surface area (Å²) in [5.41, 5.74) is 14.2. The van der Waals surface area contributed by atoms with Crippen LogP contribution in [0.15, 0.2) is 239 Å². The lowest BCUT2D eigenvalue weighted by Gasteiger charge is -2.33. The number of fused-ring (bicyclic) bond motifs is 8. The molecule has 0 spiro atoms. The molecule has 358 valence electrons. The van der Waals surface area contributed by atoms with Gasteiger partial charge in [-0.25, -0.2) is 0 Å². The van der Waals surface area contributed by atoms with Crippen LogP contribution in [0.2, 0.25) is 39.3 Å². The van der Waals surface area contributed by atoms with Crippen molar-refractivity contribution < 1.29 is 8.83 Å². The molecule has 0 amide bonds. The lowest BCUT2D eigenvalue weighted by Crippen LogP contribution is -2.37. The van der Waals surface area contributed by atoms with Crippen LogP contribution in [0.25, 0.3) is 87.7 Å². The lowest BCUT2D eigenvalue weighted by molar-refractivity contribution is 0.668. The maximum absolute atomic E-state index is 7.01. The topological polar surface area (TPSA) is 32.8 Å². The highest BCUT2D eigenvalue weighted by Crippen LogP contribution is 2.54. The van der Waals surface area contributed by atoms with E-state index in [0.29, 0.717) is 0 Å². The first kappa shape index (κ1) is 45.4. The Balaban J connectivity index is 1.22. The van der Waals surface area contributed by atoms with Gasteiger partial charge in [0.1, 0.15) is 11.2 Å². The molecular formula is C68H56N2O2Si2. The second-order valence-corrected chi connectivity index (χ2v) is 31.9. The minimum atomic E-state index is -1.66. The van der Waals surface area contributed by atoms with Gasteiger partial charge in [-0.15, -0.1) is 0 Å². The zero-order valence-electron chi connectivity index (χ0n) is 42.7. The number of nitrogens with zero attached hydrogens (tertiary/aromatic N) is 2. The monoisotopic (exact) mass is 988 g/mol. The van der Waals surface area contributed by atoms with Gasteiger partial charge in [0.2, 0.25) is 0 Å². The summed E-state index contributed by atoms with van der Waals surface area (Å²) in [5.74, 6) is 0. The van der Waals surface area contributed by atoms with Crippen LogP contribution >= 0.6 is 0 Å². The highest BCUT2D eigenvalue weighted by Gasteiger charge is 2.30. The molecule has 0 bridgehead atoms. The van der Waals surface area contributed by atoms with E-state index in [0.717, 1.165) is 122 Å². The van der Waals surface area contributed by atoms with Gasteiger partial charge in [-0.1, -0.05) is 220 Å². The minimum Gasteiger partial charge on any atom is -0.454 e. The number of para-hydroxylation sites is 4. The number of rotatable bonds is 10. The van der Waals surface area contributed by atoms with E-state index >= 15 is 0 Å². The molecule has 0 saturated carbocycles. The summed E-state index contributed by atoms with van der Waals surface area (Å²) >= 11 is 0. The van der Waals surface area contributed by atoms with Crippen molar-refractivity contribution in [1.29, 1.82) is 0 Å². The van der Waals surface area contributed by atoms with E-state index in [1.807, 2.05) is 0 Å². The first-order chi connectivity index (χ1) is 36.0. The predicted octanol–water partition coefficient (Wildman–Crippen LogP) is 19.2. The van der Waals surface area contributed by atoms with Crippen molar-refractivity contribution in [3.8, 4) is 22.3 Å². The van der Waals surface area contributed by atoms with Crippen molar-refractivity contribution in [3.63, 3.8) is 0 Å². The molecule has 0 unspecified atom stereocenters. The summed E-state index contributed by atoms with van der Waals surface area (Å²) in [5, 5.41) is 11.6. The number of hydrogen-bond donors (Lipinski definition) is 0. The molecule has 0 saturated heterocycles. The SMILES string of the molecule is C[Si](C)(C)c1ccc(N(c2c3ccc(-c4ccccc4)cc3c(N(c3ccc([Si](C)(C)C)cc3)c3cccc4c3oc3ccccc34)c3ccc(-c4ccccc4)cc23)c2cccc3c2oc2ccccc23)cc1. The third-order valence-electron chi connectivity index (χ3n) is 15.0. The van der Waals surface area contributed by atoms with Crippen molar-refractivity contribution in [2.24, 2.45) is 0 Å². The van der Waals surface area contributed by atoms with Gasteiger partial charge in [0.25, 0.3) is 0 Å². The molecule has 74 heavy (non-hydrogen) atoms. The van der Waals surface area contributed by atoms with Crippen LogP contribution in [0.4, 0.5) is 34.1 Å². The van der Waals surface area contributed by atoms with Crippen LogP contribution in [-0.4, -0.2) is 16.1 Å². The minimum absolute atomic E-state index is 0.842. The van der Waals surface area contributed by atoms with Crippen molar-refractivity contribution in [1.82, 2.24) is 0 Å². The Bertz CT molecular complexity index is 3980. The van der Waals surface area contributed by atoms with E-state index in [1.165, 1.54) is 10.4 Å². The van der Waals surface area contributed by atoms with Crippen LogP contribution in [-0.2, 0) is 0 Å². The largest absolute Gasteiger partial charge is 0.454 e. The molecule has 2 heterocycles. The summed E-state index contributed by atoms with van der Waals surface area (Å²) in [6, 6.07) is 84.5. The van der Waals surface area contributed by atoms with Gasteiger partial charge < -0.3 is 18.6 Å². The maximum atomic E-state index is 7.01. The zero-order chi connectivity index (χ0) is 50.3. The fourth-order valence-corrected chi connectivity index (χ4v) is 13.4. The summed E-state index contributed by atoms with van der Waals surface area (Å²) < 4.78 is 14.0. The average Bonchev–Trinajstić information content (AvgIpc) is 4.02. The number of furan rings is 2. The molecule has 13 aromatic rings. The highest BCUT2D eigenvalue weighted by atomic mass is 28.3. The molecule has 2 aromatic heterocycles. The van der Waals surface area contributed by atoms with E-state index < -0.39 is 16.1 Å². The van der Waals surface area contributed by atoms with E-state index in [9.17, 15) is 0 Å². The number of hydrogen-bond acceptors (Lipinski definition) is 4. The number of anilines is 6. The van der Waals surface area contributed by atoms with Crippen LogP contribution in [0.5, 0.6) is 0 Å². The van der Waals surface area contributed by atoms with Crippen LogP contribution < -0.4 is 20.2 Å². The van der Waals surface area contributed by atoms with Crippen LogP contribution in [0.3, 0.4) is 0 Å². The molecule has 13 rings (SSSR count). The van der Waals surface area contributed by atoms with Gasteiger partial charge in [-0.2, -0.15) is 0 Å². The number of benzene rings is 11. The Kier molecular flexibility index (Phi) is 10.8. The zero-order valence-corrected chi connectivity index (χ0v) is 44.7. The lowest BCUT2D eigenvalue weighted by atomic mass is 9.91. The molecule has 4 nitrogen and oxygen atoms in total. The van der Waals surface area contributed by atoms with E-state index in [-0.39, 0.29) is 0 Å². The third kappa shape index (κ3) is 7.72. The molecule has 0 atom stereocenters. The molecule has 0 aliphatic carbocycles. The van der Waals surface area contributed by atoms with Gasteiger partial charge >= 0.3 is 0 Å². The van der Waals surface area contributed by atoms with Crippen molar-refractivity contribution in [2.45, 2.75) is 39.3 Å². The molecule has 0 N–H and O–H groups in total. The first-order valence-corrected chi connectivity index (χ1v) is 32.7. The standard InChI is InChI=1S/C68H56N2O2Si2/c1-73(2,3)51-37-33-49(34-38-51)69(61-27-17-25-57-53-23-13-15-29-63(53)71-67(57)61)65-55-41-31-48(46-21-11-8-12-22-46)44-60(55)66(56-42-32-47(43-59(56)65)45-19-9-7-10-20-45)70(50-35-39-52(40-36-50)74(4,5)6)62-28-18-26-58-54-24-14-16-30-64(54)72-68(58)62/h7-44H,1-6H3. The van der Waals surface area contributed by atoms with Crippen molar-refractivity contribution >= 4 is 126 Å². The molecule has 0 fully saturated rings. The fraction of sp³-hybridized carbons (Fsp3) is 0.0882. The summed E-state index contributed by atoms with van der Waals surface area (Å²) in [6.07, 6.45) is 0. The quantitative estimate of drug-likeness (QED) is 0.0777. The molecule has 0 aliphatic heterocycles. The van der Waals surface area contributed by atoms with E-state index in [2.05, 4.69) is 280 Å². The third-order valence-corrected chi connectivity index (χ3v) is 19.1. The average molecular weight is 989 g/mol. The summed E-state index contributed by atoms with van der Waals surface area (Å²) in [4.78, 5) is 4.97. The van der Waals surface area contributed by atoms with Gasteiger partial charge in [-0.05, 0) is 82.9 Å². The Morgan fingerprint density at radius 1 is 0.284 bits per heavy atom.